The summed E-state index contributed by atoms with van der Waals surface area (Å²) in [7, 11) is 0. The first-order valence-electron chi connectivity index (χ1n) is 7.71. The minimum absolute atomic E-state index is 0.427. The largest absolute Gasteiger partial charge is 0.344 e. The first kappa shape index (κ1) is 13.7. The summed E-state index contributed by atoms with van der Waals surface area (Å²) >= 11 is 7.52. The summed E-state index contributed by atoms with van der Waals surface area (Å²) in [6.07, 6.45) is 9.22. The molecule has 2 aliphatic rings. The Hall–Kier alpha value is -0.910. The molecule has 3 heterocycles. The van der Waals surface area contributed by atoms with Crippen LogP contribution >= 0.6 is 22.9 Å². The molecule has 0 radical (unpaired) electrons. The Labute approximate surface area is 133 Å². The number of nitrogens with zero attached hydrogens (tertiary/aromatic N) is 3. The number of likely N-dealkylation sites (tertiary alicyclic amines) is 1. The van der Waals surface area contributed by atoms with Crippen LogP contribution in [0.3, 0.4) is 0 Å². The van der Waals surface area contributed by atoms with E-state index in [1.807, 2.05) is 6.20 Å². The highest BCUT2D eigenvalue weighted by Gasteiger charge is 2.30. The smallest absolute Gasteiger partial charge is 0.183 e. The summed E-state index contributed by atoms with van der Waals surface area (Å²) < 4.78 is 0.634. The third kappa shape index (κ3) is 2.74. The fourth-order valence-electron chi connectivity index (χ4n) is 3.52. The summed E-state index contributed by atoms with van der Waals surface area (Å²) in [5.74, 6) is 1.18. The molecule has 2 aromatic rings. The summed E-state index contributed by atoms with van der Waals surface area (Å²) in [6.45, 7) is 2.06. The molecule has 1 N–H and O–H groups in total. The predicted molar refractivity (Wildman–Crippen MR) is 84.7 cm³/mol. The first-order valence-corrected chi connectivity index (χ1v) is 8.91. The Kier molecular flexibility index (Phi) is 3.73. The second kappa shape index (κ2) is 5.71. The Morgan fingerprint density at radius 3 is 3.05 bits per heavy atom. The second-order valence-corrected chi connectivity index (χ2v) is 7.66. The maximum absolute atomic E-state index is 5.94. The van der Waals surface area contributed by atoms with Crippen molar-refractivity contribution in [3.8, 4) is 0 Å². The van der Waals surface area contributed by atoms with Crippen LogP contribution in [0.25, 0.3) is 0 Å². The molecule has 4 nitrogen and oxygen atoms in total. The lowest BCUT2D eigenvalue weighted by Gasteiger charge is -2.21. The zero-order valence-electron chi connectivity index (χ0n) is 11.9. The van der Waals surface area contributed by atoms with Crippen LogP contribution in [0.4, 0.5) is 0 Å². The highest BCUT2D eigenvalue weighted by molar-refractivity contribution is 7.15. The van der Waals surface area contributed by atoms with Gasteiger partial charge in [-0.15, -0.1) is 11.3 Å². The van der Waals surface area contributed by atoms with Crippen molar-refractivity contribution in [2.75, 3.05) is 6.54 Å². The standard InChI is InChI=1S/C15H19ClN4S/c16-15-17-8-10(21-15)9-20-7-3-6-13(20)14-18-11-4-1-2-5-12(11)19-14/h8,13H,1-7,9H2,(H,18,19). The van der Waals surface area contributed by atoms with Crippen LogP contribution in [0, 0.1) is 0 Å². The number of nitrogens with one attached hydrogen (secondary N) is 1. The Bertz CT molecular complexity index is 612. The van der Waals surface area contributed by atoms with Crippen molar-refractivity contribution in [1.29, 1.82) is 0 Å². The number of aromatic amines is 1. The Morgan fingerprint density at radius 2 is 2.24 bits per heavy atom. The fraction of sp³-hybridized carbons (Fsp3) is 0.600. The third-order valence-electron chi connectivity index (χ3n) is 4.54. The maximum Gasteiger partial charge on any atom is 0.183 e. The van der Waals surface area contributed by atoms with Crippen LogP contribution in [-0.2, 0) is 19.4 Å². The van der Waals surface area contributed by atoms with E-state index in [1.54, 1.807) is 11.3 Å². The lowest BCUT2D eigenvalue weighted by Crippen LogP contribution is -2.23. The SMILES string of the molecule is Clc1ncc(CN2CCCC2c2nc3c([nH]2)CCCC3)s1. The molecule has 1 aliphatic heterocycles. The molecular weight excluding hydrogens is 304 g/mol. The molecule has 1 unspecified atom stereocenters. The lowest BCUT2D eigenvalue weighted by atomic mass is 10.0. The number of aromatic nitrogens is 3. The van der Waals surface area contributed by atoms with Gasteiger partial charge in [-0.2, -0.15) is 0 Å². The number of hydrogen-bond acceptors (Lipinski definition) is 4. The van der Waals surface area contributed by atoms with Crippen molar-refractivity contribution in [2.45, 2.75) is 51.1 Å². The first-order chi connectivity index (χ1) is 10.3. The highest BCUT2D eigenvalue weighted by atomic mass is 35.5. The molecule has 21 heavy (non-hydrogen) atoms. The number of thiazole rings is 1. The van der Waals surface area contributed by atoms with E-state index in [9.17, 15) is 0 Å². The molecule has 0 amide bonds. The van der Waals surface area contributed by atoms with Crippen LogP contribution in [-0.4, -0.2) is 26.4 Å². The Balaban J connectivity index is 1.54. The summed E-state index contributed by atoms with van der Waals surface area (Å²) in [4.78, 5) is 16.4. The number of fused-ring (bicyclic) bond motifs is 1. The number of halogens is 1. The average molecular weight is 323 g/mol. The van der Waals surface area contributed by atoms with Crippen molar-refractivity contribution in [3.63, 3.8) is 0 Å². The summed E-state index contributed by atoms with van der Waals surface area (Å²) in [6, 6.07) is 0.427. The molecule has 0 saturated carbocycles. The van der Waals surface area contributed by atoms with Gasteiger partial charge in [-0.25, -0.2) is 9.97 Å². The number of H-pyrrole nitrogens is 1. The van der Waals surface area contributed by atoms with Gasteiger partial charge < -0.3 is 4.98 Å². The van der Waals surface area contributed by atoms with Crippen molar-refractivity contribution in [3.05, 3.63) is 32.8 Å². The number of imidazole rings is 1. The lowest BCUT2D eigenvalue weighted by molar-refractivity contribution is 0.242. The van der Waals surface area contributed by atoms with Crippen LogP contribution in [0.5, 0.6) is 0 Å². The van der Waals surface area contributed by atoms with E-state index in [-0.39, 0.29) is 0 Å². The van der Waals surface area contributed by atoms with Gasteiger partial charge in [0, 0.05) is 23.3 Å². The minimum Gasteiger partial charge on any atom is -0.344 e. The van der Waals surface area contributed by atoms with Crippen LogP contribution in [0.15, 0.2) is 6.20 Å². The van der Waals surface area contributed by atoms with Crippen LogP contribution < -0.4 is 0 Å². The molecule has 0 aromatic carbocycles. The topological polar surface area (TPSA) is 44.8 Å². The van der Waals surface area contributed by atoms with E-state index < -0.39 is 0 Å². The van der Waals surface area contributed by atoms with E-state index in [1.165, 1.54) is 54.2 Å². The average Bonchev–Trinajstić information content (AvgIpc) is 3.18. The molecule has 112 valence electrons. The molecule has 1 atom stereocenters. The monoisotopic (exact) mass is 322 g/mol. The maximum atomic E-state index is 5.94. The van der Waals surface area contributed by atoms with Crippen molar-refractivity contribution in [2.24, 2.45) is 0 Å². The molecular formula is C15H19ClN4S. The van der Waals surface area contributed by atoms with E-state index in [2.05, 4.69) is 14.9 Å². The zero-order chi connectivity index (χ0) is 14.2. The van der Waals surface area contributed by atoms with Crippen molar-refractivity contribution < 1.29 is 0 Å². The van der Waals surface area contributed by atoms with Gasteiger partial charge >= 0.3 is 0 Å². The minimum atomic E-state index is 0.427. The molecule has 0 spiro atoms. The number of hydrogen-bond donors (Lipinski definition) is 1. The number of rotatable bonds is 3. The van der Waals surface area contributed by atoms with Crippen LogP contribution in [0.2, 0.25) is 4.47 Å². The van der Waals surface area contributed by atoms with Gasteiger partial charge in [0.05, 0.1) is 11.7 Å². The molecule has 1 fully saturated rings. The van der Waals surface area contributed by atoms with E-state index in [4.69, 9.17) is 16.6 Å². The molecule has 4 rings (SSSR count). The van der Waals surface area contributed by atoms with Gasteiger partial charge in [0.15, 0.2) is 4.47 Å². The van der Waals surface area contributed by atoms with Crippen LogP contribution in [0.1, 0.15) is 53.8 Å². The van der Waals surface area contributed by atoms with Crippen molar-refractivity contribution >= 4 is 22.9 Å². The summed E-state index contributed by atoms with van der Waals surface area (Å²) in [5.41, 5.74) is 2.69. The van der Waals surface area contributed by atoms with Crippen molar-refractivity contribution in [1.82, 2.24) is 19.9 Å². The molecule has 0 bridgehead atoms. The van der Waals surface area contributed by atoms with Gasteiger partial charge in [0.2, 0.25) is 0 Å². The second-order valence-electron chi connectivity index (χ2n) is 5.96. The fourth-order valence-corrected chi connectivity index (χ4v) is 4.52. The Morgan fingerprint density at radius 1 is 1.33 bits per heavy atom. The molecule has 1 saturated heterocycles. The van der Waals surface area contributed by atoms with Gasteiger partial charge in [0.1, 0.15) is 5.82 Å². The zero-order valence-corrected chi connectivity index (χ0v) is 13.5. The van der Waals surface area contributed by atoms with Gasteiger partial charge in [-0.3, -0.25) is 4.90 Å². The van der Waals surface area contributed by atoms with Gasteiger partial charge in [-0.1, -0.05) is 11.6 Å². The van der Waals surface area contributed by atoms with Gasteiger partial charge in [0.25, 0.3) is 0 Å². The van der Waals surface area contributed by atoms with E-state index in [0.717, 1.165) is 19.5 Å². The van der Waals surface area contributed by atoms with Gasteiger partial charge in [-0.05, 0) is 45.1 Å². The predicted octanol–water partition coefficient (Wildman–Crippen LogP) is 3.74. The quantitative estimate of drug-likeness (QED) is 0.936. The summed E-state index contributed by atoms with van der Waals surface area (Å²) in [5, 5.41) is 0. The molecule has 1 aliphatic carbocycles. The highest BCUT2D eigenvalue weighted by Crippen LogP contribution is 2.34. The van der Waals surface area contributed by atoms with E-state index in [0.29, 0.717) is 10.5 Å². The normalized spacial score (nSPS) is 22.6. The van der Waals surface area contributed by atoms with E-state index >= 15 is 0 Å². The third-order valence-corrected chi connectivity index (χ3v) is 5.64. The number of aryl methyl sites for hydroxylation is 2. The molecule has 6 heteroatoms. The molecule has 2 aromatic heterocycles.